The summed E-state index contributed by atoms with van der Waals surface area (Å²) in [4.78, 5) is 0. The van der Waals surface area contributed by atoms with Crippen LogP contribution in [-0.2, 0) is 4.74 Å². The van der Waals surface area contributed by atoms with Crippen LogP contribution in [0.3, 0.4) is 0 Å². The number of hydrogen-bond donors (Lipinski definition) is 1. The minimum absolute atomic E-state index is 0.591. The SMILES string of the molecule is CNCC1CCCCCC1CCC1CCCO1. The first kappa shape index (κ1) is 13.4. The molecule has 1 aliphatic carbocycles. The summed E-state index contributed by atoms with van der Waals surface area (Å²) < 4.78 is 5.75. The van der Waals surface area contributed by atoms with Crippen molar-refractivity contribution in [2.24, 2.45) is 11.8 Å². The van der Waals surface area contributed by atoms with Gasteiger partial charge < -0.3 is 10.1 Å². The van der Waals surface area contributed by atoms with Crippen LogP contribution in [0.2, 0.25) is 0 Å². The normalized spacial score (nSPS) is 34.8. The van der Waals surface area contributed by atoms with Crippen molar-refractivity contribution in [1.82, 2.24) is 5.32 Å². The molecular formula is C15H29NO. The smallest absolute Gasteiger partial charge is 0.0576 e. The molecule has 0 amide bonds. The molecule has 3 unspecified atom stereocenters. The number of nitrogens with one attached hydrogen (secondary N) is 1. The Hall–Kier alpha value is -0.0800. The Morgan fingerprint density at radius 1 is 0.941 bits per heavy atom. The highest BCUT2D eigenvalue weighted by atomic mass is 16.5. The van der Waals surface area contributed by atoms with E-state index in [-0.39, 0.29) is 0 Å². The summed E-state index contributed by atoms with van der Waals surface area (Å²) in [5.41, 5.74) is 0. The van der Waals surface area contributed by atoms with Gasteiger partial charge in [-0.3, -0.25) is 0 Å². The van der Waals surface area contributed by atoms with Gasteiger partial charge in [-0.1, -0.05) is 25.7 Å². The van der Waals surface area contributed by atoms with Crippen LogP contribution < -0.4 is 5.32 Å². The van der Waals surface area contributed by atoms with Crippen molar-refractivity contribution in [3.05, 3.63) is 0 Å². The lowest BCUT2D eigenvalue weighted by Gasteiger charge is -2.26. The molecule has 0 radical (unpaired) electrons. The third-order valence-corrected chi connectivity index (χ3v) is 4.67. The van der Waals surface area contributed by atoms with Crippen LogP contribution in [0.4, 0.5) is 0 Å². The second kappa shape index (κ2) is 7.38. The molecule has 1 aliphatic heterocycles. The van der Waals surface area contributed by atoms with Crippen molar-refractivity contribution in [2.75, 3.05) is 20.2 Å². The highest BCUT2D eigenvalue weighted by Gasteiger charge is 2.25. The molecule has 2 nitrogen and oxygen atoms in total. The molecule has 17 heavy (non-hydrogen) atoms. The Morgan fingerprint density at radius 3 is 2.47 bits per heavy atom. The molecule has 3 atom stereocenters. The molecule has 2 aliphatic rings. The highest BCUT2D eigenvalue weighted by Crippen LogP contribution is 2.33. The third-order valence-electron chi connectivity index (χ3n) is 4.67. The van der Waals surface area contributed by atoms with E-state index < -0.39 is 0 Å². The van der Waals surface area contributed by atoms with Crippen molar-refractivity contribution in [1.29, 1.82) is 0 Å². The molecular weight excluding hydrogens is 210 g/mol. The van der Waals surface area contributed by atoms with E-state index in [1.54, 1.807) is 0 Å². The molecule has 0 aromatic carbocycles. The summed E-state index contributed by atoms with van der Waals surface area (Å²) in [6.45, 7) is 2.23. The lowest BCUT2D eigenvalue weighted by molar-refractivity contribution is 0.0936. The Balaban J connectivity index is 1.77. The summed E-state index contributed by atoms with van der Waals surface area (Å²) >= 11 is 0. The van der Waals surface area contributed by atoms with Crippen molar-refractivity contribution >= 4 is 0 Å². The Morgan fingerprint density at radius 2 is 1.76 bits per heavy atom. The van der Waals surface area contributed by atoms with Crippen molar-refractivity contribution < 1.29 is 4.74 Å². The van der Waals surface area contributed by atoms with Crippen LogP contribution >= 0.6 is 0 Å². The second-order valence-electron chi connectivity index (χ2n) is 5.93. The molecule has 1 heterocycles. The fraction of sp³-hybridized carbons (Fsp3) is 1.00. The van der Waals surface area contributed by atoms with Gasteiger partial charge in [0.25, 0.3) is 0 Å². The first-order chi connectivity index (χ1) is 8.40. The van der Waals surface area contributed by atoms with Crippen molar-refractivity contribution in [3.63, 3.8) is 0 Å². The van der Waals surface area contributed by atoms with Gasteiger partial charge in [0, 0.05) is 6.61 Å². The van der Waals surface area contributed by atoms with Crippen LogP contribution in [0, 0.1) is 11.8 Å². The van der Waals surface area contributed by atoms with Gasteiger partial charge in [-0.2, -0.15) is 0 Å². The van der Waals surface area contributed by atoms with E-state index in [4.69, 9.17) is 4.74 Å². The standard InChI is InChI=1S/C15H29NO/c1-16-12-14-7-4-2-3-6-13(14)9-10-15-8-5-11-17-15/h13-16H,2-12H2,1H3. The summed E-state index contributed by atoms with van der Waals surface area (Å²) in [6, 6.07) is 0. The van der Waals surface area contributed by atoms with Gasteiger partial charge in [0.05, 0.1) is 6.10 Å². The van der Waals surface area contributed by atoms with Gasteiger partial charge in [0.1, 0.15) is 0 Å². The van der Waals surface area contributed by atoms with Gasteiger partial charge in [-0.15, -0.1) is 0 Å². The molecule has 1 N–H and O–H groups in total. The molecule has 0 bridgehead atoms. The Kier molecular flexibility index (Phi) is 5.79. The number of hydrogen-bond acceptors (Lipinski definition) is 2. The van der Waals surface area contributed by atoms with Gasteiger partial charge in [-0.25, -0.2) is 0 Å². The van der Waals surface area contributed by atoms with Gasteiger partial charge in [0.2, 0.25) is 0 Å². The Labute approximate surface area is 107 Å². The summed E-state index contributed by atoms with van der Waals surface area (Å²) in [5, 5.41) is 3.39. The van der Waals surface area contributed by atoms with E-state index in [0.717, 1.165) is 18.4 Å². The topological polar surface area (TPSA) is 21.3 Å². The molecule has 2 rings (SSSR count). The maximum atomic E-state index is 5.75. The van der Waals surface area contributed by atoms with E-state index in [2.05, 4.69) is 12.4 Å². The predicted molar refractivity (Wildman–Crippen MR) is 72.2 cm³/mol. The summed E-state index contributed by atoms with van der Waals surface area (Å²) in [5.74, 6) is 1.87. The van der Waals surface area contributed by atoms with Gasteiger partial charge in [-0.05, 0) is 57.5 Å². The summed E-state index contributed by atoms with van der Waals surface area (Å²) in [6.07, 6.45) is 13.2. The van der Waals surface area contributed by atoms with E-state index in [9.17, 15) is 0 Å². The number of rotatable bonds is 5. The van der Waals surface area contributed by atoms with Crippen molar-refractivity contribution in [3.8, 4) is 0 Å². The van der Waals surface area contributed by atoms with E-state index in [0.29, 0.717) is 6.10 Å². The van der Waals surface area contributed by atoms with Crippen LogP contribution in [-0.4, -0.2) is 26.3 Å². The van der Waals surface area contributed by atoms with E-state index >= 15 is 0 Å². The van der Waals surface area contributed by atoms with Crippen LogP contribution in [0.15, 0.2) is 0 Å². The largest absolute Gasteiger partial charge is 0.378 e. The first-order valence-corrected chi connectivity index (χ1v) is 7.66. The molecule has 0 spiro atoms. The lowest BCUT2D eigenvalue weighted by atomic mass is 9.83. The zero-order valence-electron chi connectivity index (χ0n) is 11.4. The molecule has 100 valence electrons. The Bertz CT molecular complexity index is 201. The van der Waals surface area contributed by atoms with E-state index in [1.165, 1.54) is 64.3 Å². The van der Waals surface area contributed by atoms with Gasteiger partial charge >= 0.3 is 0 Å². The average molecular weight is 239 g/mol. The minimum Gasteiger partial charge on any atom is -0.378 e. The van der Waals surface area contributed by atoms with E-state index in [1.807, 2.05) is 0 Å². The molecule has 0 aromatic rings. The van der Waals surface area contributed by atoms with Gasteiger partial charge in [0.15, 0.2) is 0 Å². The van der Waals surface area contributed by atoms with Crippen LogP contribution in [0.5, 0.6) is 0 Å². The third kappa shape index (κ3) is 4.26. The fourth-order valence-corrected chi connectivity index (χ4v) is 3.64. The van der Waals surface area contributed by atoms with Crippen LogP contribution in [0.25, 0.3) is 0 Å². The van der Waals surface area contributed by atoms with Crippen LogP contribution in [0.1, 0.15) is 57.8 Å². The zero-order valence-corrected chi connectivity index (χ0v) is 11.4. The molecule has 1 saturated carbocycles. The lowest BCUT2D eigenvalue weighted by Crippen LogP contribution is -2.26. The monoisotopic (exact) mass is 239 g/mol. The zero-order chi connectivity index (χ0) is 11.9. The molecule has 1 saturated heterocycles. The number of ether oxygens (including phenoxy) is 1. The second-order valence-corrected chi connectivity index (χ2v) is 5.93. The molecule has 0 aromatic heterocycles. The summed E-state index contributed by atoms with van der Waals surface area (Å²) in [7, 11) is 2.10. The highest BCUT2D eigenvalue weighted by molar-refractivity contribution is 4.77. The minimum atomic E-state index is 0.591. The quantitative estimate of drug-likeness (QED) is 0.743. The average Bonchev–Trinajstić information content (AvgIpc) is 2.76. The predicted octanol–water partition coefficient (Wildman–Crippen LogP) is 3.36. The van der Waals surface area contributed by atoms with Crippen molar-refractivity contribution in [2.45, 2.75) is 63.9 Å². The maximum Gasteiger partial charge on any atom is 0.0576 e. The molecule has 2 heteroatoms. The fourth-order valence-electron chi connectivity index (χ4n) is 3.64. The molecule has 2 fully saturated rings. The maximum absolute atomic E-state index is 5.75. The first-order valence-electron chi connectivity index (χ1n) is 7.66.